The van der Waals surface area contributed by atoms with E-state index in [0.29, 0.717) is 35.7 Å². The van der Waals surface area contributed by atoms with Crippen LogP contribution in [0.1, 0.15) is 15.9 Å². The molecule has 7 heteroatoms. The zero-order chi connectivity index (χ0) is 18.9. The number of nitrogens with two attached hydrogens (primary N) is 1. The quantitative estimate of drug-likeness (QED) is 0.521. The zero-order valence-electron chi connectivity index (χ0n) is 15.2. The normalized spacial score (nSPS) is 11.0. The molecule has 138 valence electrons. The summed E-state index contributed by atoms with van der Waals surface area (Å²) in [5.74, 6) is 1.50. The summed E-state index contributed by atoms with van der Waals surface area (Å²) in [4.78, 5) is 16.0. The van der Waals surface area contributed by atoms with Crippen LogP contribution in [0.2, 0.25) is 0 Å². The van der Waals surface area contributed by atoms with Gasteiger partial charge in [-0.3, -0.25) is 9.79 Å². The van der Waals surface area contributed by atoms with Gasteiger partial charge in [0.25, 0.3) is 5.91 Å². The van der Waals surface area contributed by atoms with Gasteiger partial charge in [0.15, 0.2) is 5.96 Å². The fourth-order valence-electron chi connectivity index (χ4n) is 2.41. The van der Waals surface area contributed by atoms with Crippen LogP contribution in [0.5, 0.6) is 11.5 Å². The predicted molar refractivity (Wildman–Crippen MR) is 103 cm³/mol. The number of guanidine groups is 1. The van der Waals surface area contributed by atoms with Gasteiger partial charge in [0.1, 0.15) is 11.5 Å². The monoisotopic (exact) mass is 356 g/mol. The molecular weight excluding hydrogens is 332 g/mol. The molecule has 0 fully saturated rings. The average molecular weight is 356 g/mol. The Morgan fingerprint density at radius 1 is 1.15 bits per heavy atom. The first-order chi connectivity index (χ1) is 12.6. The van der Waals surface area contributed by atoms with E-state index in [4.69, 9.17) is 15.2 Å². The third kappa shape index (κ3) is 5.14. The number of amides is 1. The lowest BCUT2D eigenvalue weighted by molar-refractivity contribution is 0.0963. The molecule has 2 aromatic rings. The third-order valence-corrected chi connectivity index (χ3v) is 3.77. The second-order valence-electron chi connectivity index (χ2n) is 5.49. The van der Waals surface area contributed by atoms with E-state index in [9.17, 15) is 4.79 Å². The Kier molecular flexibility index (Phi) is 6.84. The molecule has 0 heterocycles. The highest BCUT2D eigenvalue weighted by molar-refractivity contribution is 5.94. The number of anilines is 1. The number of carbonyl (C=O) groups excluding carboxylic acids is 1. The van der Waals surface area contributed by atoms with Crippen LogP contribution in [-0.4, -0.2) is 39.7 Å². The average Bonchev–Trinajstić information content (AvgIpc) is 2.67. The molecule has 0 saturated carbocycles. The summed E-state index contributed by atoms with van der Waals surface area (Å²) in [6.45, 7) is 0.488. The Labute approximate surface area is 153 Å². The second kappa shape index (κ2) is 9.31. The molecular formula is C19H24N4O3. The number of hydrogen-bond donors (Lipinski definition) is 3. The first-order valence-electron chi connectivity index (χ1n) is 8.17. The largest absolute Gasteiger partial charge is 0.497 e. The number of rotatable bonds is 7. The Morgan fingerprint density at radius 2 is 1.96 bits per heavy atom. The van der Waals surface area contributed by atoms with Crippen LogP contribution < -0.4 is 25.8 Å². The Bertz CT molecular complexity index is 790. The standard InChI is InChI=1S/C19H24N4O3/c1-21-18(24)14-6-4-5-13(11-14)9-10-22-19(20)23-16-12-15(25-2)7-8-17(16)26-3/h4-8,11-12H,9-10H2,1-3H3,(H,21,24)(H3,20,22,23). The summed E-state index contributed by atoms with van der Waals surface area (Å²) in [5, 5.41) is 5.63. The second-order valence-corrected chi connectivity index (χ2v) is 5.49. The van der Waals surface area contributed by atoms with E-state index < -0.39 is 0 Å². The lowest BCUT2D eigenvalue weighted by atomic mass is 10.1. The number of nitrogens with one attached hydrogen (secondary N) is 2. The summed E-state index contributed by atoms with van der Waals surface area (Å²) in [6.07, 6.45) is 0.669. The number of nitrogens with zero attached hydrogens (tertiary/aromatic N) is 1. The molecule has 26 heavy (non-hydrogen) atoms. The van der Waals surface area contributed by atoms with E-state index in [1.165, 1.54) is 0 Å². The third-order valence-electron chi connectivity index (χ3n) is 3.77. The Morgan fingerprint density at radius 3 is 2.65 bits per heavy atom. The van der Waals surface area contributed by atoms with Crippen molar-refractivity contribution in [3.63, 3.8) is 0 Å². The molecule has 0 aliphatic carbocycles. The number of carbonyl (C=O) groups is 1. The van der Waals surface area contributed by atoms with E-state index in [-0.39, 0.29) is 11.9 Å². The zero-order valence-corrected chi connectivity index (χ0v) is 15.2. The van der Waals surface area contributed by atoms with Crippen molar-refractivity contribution in [2.24, 2.45) is 10.7 Å². The van der Waals surface area contributed by atoms with Gasteiger partial charge in [-0.15, -0.1) is 0 Å². The number of ether oxygens (including phenoxy) is 2. The van der Waals surface area contributed by atoms with Gasteiger partial charge >= 0.3 is 0 Å². The Hall–Kier alpha value is -3.22. The fourth-order valence-corrected chi connectivity index (χ4v) is 2.41. The molecule has 2 aromatic carbocycles. The number of benzene rings is 2. The van der Waals surface area contributed by atoms with Gasteiger partial charge in [0.2, 0.25) is 0 Å². The molecule has 7 nitrogen and oxygen atoms in total. The van der Waals surface area contributed by atoms with Crippen molar-refractivity contribution >= 4 is 17.6 Å². The molecule has 0 bridgehead atoms. The van der Waals surface area contributed by atoms with Gasteiger partial charge in [-0.05, 0) is 36.2 Å². The van der Waals surface area contributed by atoms with Crippen LogP contribution in [0.25, 0.3) is 0 Å². The van der Waals surface area contributed by atoms with Crippen molar-refractivity contribution in [2.75, 3.05) is 33.1 Å². The number of aliphatic imine (C=N–C) groups is 1. The smallest absolute Gasteiger partial charge is 0.251 e. The molecule has 0 saturated heterocycles. The Balaban J connectivity index is 2.00. The van der Waals surface area contributed by atoms with Gasteiger partial charge in [-0.25, -0.2) is 0 Å². The van der Waals surface area contributed by atoms with Crippen LogP contribution in [0.4, 0.5) is 5.69 Å². The van der Waals surface area contributed by atoms with E-state index >= 15 is 0 Å². The minimum Gasteiger partial charge on any atom is -0.497 e. The SMILES string of the molecule is CNC(=O)c1cccc(CCN=C(N)Nc2cc(OC)ccc2OC)c1. The van der Waals surface area contributed by atoms with Crippen LogP contribution >= 0.6 is 0 Å². The highest BCUT2D eigenvalue weighted by Crippen LogP contribution is 2.28. The number of methoxy groups -OCH3 is 2. The van der Waals surface area contributed by atoms with Crippen LogP contribution in [0.3, 0.4) is 0 Å². The molecule has 0 aliphatic rings. The summed E-state index contributed by atoms with van der Waals surface area (Å²) >= 11 is 0. The van der Waals surface area contributed by atoms with Crippen LogP contribution in [0.15, 0.2) is 47.5 Å². The van der Waals surface area contributed by atoms with Crippen LogP contribution in [0, 0.1) is 0 Å². The van der Waals surface area contributed by atoms with E-state index in [1.54, 1.807) is 45.5 Å². The molecule has 0 radical (unpaired) electrons. The van der Waals surface area contributed by atoms with Gasteiger partial charge < -0.3 is 25.8 Å². The molecule has 0 spiro atoms. The maximum Gasteiger partial charge on any atom is 0.251 e. The molecule has 4 N–H and O–H groups in total. The molecule has 0 atom stereocenters. The van der Waals surface area contributed by atoms with E-state index in [2.05, 4.69) is 15.6 Å². The van der Waals surface area contributed by atoms with Crippen molar-refractivity contribution in [3.8, 4) is 11.5 Å². The molecule has 2 rings (SSSR count). The minimum absolute atomic E-state index is 0.110. The number of hydrogen-bond acceptors (Lipinski definition) is 4. The van der Waals surface area contributed by atoms with E-state index in [1.807, 2.05) is 18.2 Å². The minimum atomic E-state index is -0.110. The summed E-state index contributed by atoms with van der Waals surface area (Å²) in [6, 6.07) is 12.8. The summed E-state index contributed by atoms with van der Waals surface area (Å²) in [7, 11) is 4.79. The van der Waals surface area contributed by atoms with Gasteiger partial charge in [-0.1, -0.05) is 12.1 Å². The van der Waals surface area contributed by atoms with Crippen molar-refractivity contribution < 1.29 is 14.3 Å². The van der Waals surface area contributed by atoms with Crippen molar-refractivity contribution in [1.29, 1.82) is 0 Å². The van der Waals surface area contributed by atoms with Crippen molar-refractivity contribution in [1.82, 2.24) is 5.32 Å². The maximum atomic E-state index is 11.7. The first kappa shape index (κ1) is 19.1. The highest BCUT2D eigenvalue weighted by Gasteiger charge is 2.06. The summed E-state index contributed by atoms with van der Waals surface area (Å²) < 4.78 is 10.5. The first-order valence-corrected chi connectivity index (χ1v) is 8.17. The topological polar surface area (TPSA) is 98.0 Å². The fraction of sp³-hybridized carbons (Fsp3) is 0.263. The van der Waals surface area contributed by atoms with Gasteiger partial charge in [-0.2, -0.15) is 0 Å². The lowest BCUT2D eigenvalue weighted by Crippen LogP contribution is -2.23. The van der Waals surface area contributed by atoms with Gasteiger partial charge in [0.05, 0.1) is 19.9 Å². The molecule has 1 amide bonds. The lowest BCUT2D eigenvalue weighted by Gasteiger charge is -2.12. The predicted octanol–water partition coefficient (Wildman–Crippen LogP) is 2.03. The van der Waals surface area contributed by atoms with Crippen molar-refractivity contribution in [3.05, 3.63) is 53.6 Å². The summed E-state index contributed by atoms with van der Waals surface area (Å²) in [5.41, 5.74) is 8.28. The van der Waals surface area contributed by atoms with Crippen molar-refractivity contribution in [2.45, 2.75) is 6.42 Å². The highest BCUT2D eigenvalue weighted by atomic mass is 16.5. The molecule has 0 aliphatic heterocycles. The van der Waals surface area contributed by atoms with Gasteiger partial charge in [0, 0.05) is 25.2 Å². The van der Waals surface area contributed by atoms with E-state index in [0.717, 1.165) is 5.56 Å². The van der Waals surface area contributed by atoms with Crippen LogP contribution in [-0.2, 0) is 6.42 Å². The molecule has 0 aromatic heterocycles. The maximum absolute atomic E-state index is 11.7. The molecule has 0 unspecified atom stereocenters.